The van der Waals surface area contributed by atoms with Crippen LogP contribution in [0.4, 0.5) is 0 Å². The molecule has 3 heteroatoms. The smallest absolute Gasteiger partial charge is 0.0640 e. The van der Waals surface area contributed by atoms with Gasteiger partial charge in [0.2, 0.25) is 0 Å². The van der Waals surface area contributed by atoms with E-state index in [2.05, 4.69) is 56.2 Å². The number of aromatic nitrogens is 2. The highest BCUT2D eigenvalue weighted by atomic mass is 15.3. The maximum absolute atomic E-state index is 6.32. The summed E-state index contributed by atoms with van der Waals surface area (Å²) in [4.78, 5) is 0. The molecule has 1 aromatic heterocycles. The lowest BCUT2D eigenvalue weighted by atomic mass is 9.91. The van der Waals surface area contributed by atoms with Crippen molar-refractivity contribution in [3.63, 3.8) is 0 Å². The zero-order valence-electron chi connectivity index (χ0n) is 12.0. The van der Waals surface area contributed by atoms with Crippen molar-refractivity contribution in [2.75, 3.05) is 0 Å². The number of nitrogens with two attached hydrogens (primary N) is 1. The van der Waals surface area contributed by atoms with Gasteiger partial charge in [-0.25, -0.2) is 0 Å². The fourth-order valence-corrected chi connectivity index (χ4v) is 2.20. The quantitative estimate of drug-likeness (QED) is 0.894. The van der Waals surface area contributed by atoms with Gasteiger partial charge in [-0.15, -0.1) is 0 Å². The number of hydrogen-bond acceptors (Lipinski definition) is 2. The fourth-order valence-electron chi connectivity index (χ4n) is 2.20. The molecule has 102 valence electrons. The predicted molar refractivity (Wildman–Crippen MR) is 79.1 cm³/mol. The molecular formula is C16H23N3. The van der Waals surface area contributed by atoms with E-state index >= 15 is 0 Å². The fraction of sp³-hybridized carbons (Fsp3) is 0.438. The van der Waals surface area contributed by atoms with Crippen molar-refractivity contribution in [2.45, 2.75) is 45.2 Å². The first-order valence-corrected chi connectivity index (χ1v) is 6.92. The highest BCUT2D eigenvalue weighted by Gasteiger charge is 2.16. The first-order valence-electron chi connectivity index (χ1n) is 6.92. The molecule has 2 atom stereocenters. The third-order valence-electron chi connectivity index (χ3n) is 3.61. The molecule has 0 radical (unpaired) electrons. The summed E-state index contributed by atoms with van der Waals surface area (Å²) in [6.45, 7) is 6.44. The molecule has 1 aromatic carbocycles. The van der Waals surface area contributed by atoms with Crippen LogP contribution in [0.3, 0.4) is 0 Å². The van der Waals surface area contributed by atoms with Crippen molar-refractivity contribution >= 4 is 0 Å². The van der Waals surface area contributed by atoms with Gasteiger partial charge in [-0.05, 0) is 31.4 Å². The molecule has 0 bridgehead atoms. The van der Waals surface area contributed by atoms with E-state index < -0.39 is 0 Å². The van der Waals surface area contributed by atoms with Crippen molar-refractivity contribution in [1.82, 2.24) is 9.78 Å². The Morgan fingerprint density at radius 2 is 1.79 bits per heavy atom. The molecule has 1 heterocycles. The summed E-state index contributed by atoms with van der Waals surface area (Å²) in [5.74, 6) is 0.338. The molecule has 3 nitrogen and oxygen atoms in total. The van der Waals surface area contributed by atoms with Gasteiger partial charge in [-0.3, -0.25) is 4.68 Å². The van der Waals surface area contributed by atoms with Crippen LogP contribution >= 0.6 is 0 Å². The highest BCUT2D eigenvalue weighted by molar-refractivity contribution is 5.21. The molecule has 0 fully saturated rings. The molecule has 2 unspecified atom stereocenters. The standard InChI is InChI=1S/C16H23N3/c1-12(2)19-10-9-15(18-19)11-16(17)13(3)14-7-5-4-6-8-14/h4-10,12-13,16H,11,17H2,1-3H3. The van der Waals surface area contributed by atoms with E-state index in [9.17, 15) is 0 Å². The second-order valence-corrected chi connectivity index (χ2v) is 5.45. The summed E-state index contributed by atoms with van der Waals surface area (Å²) in [5, 5.41) is 4.56. The lowest BCUT2D eigenvalue weighted by Crippen LogP contribution is -2.29. The van der Waals surface area contributed by atoms with Gasteiger partial charge in [0.1, 0.15) is 0 Å². The minimum absolute atomic E-state index is 0.0953. The van der Waals surface area contributed by atoms with Crippen LogP contribution < -0.4 is 5.73 Å². The molecule has 0 saturated carbocycles. The van der Waals surface area contributed by atoms with Gasteiger partial charge in [-0.1, -0.05) is 37.3 Å². The summed E-state index contributed by atoms with van der Waals surface area (Å²) in [6, 6.07) is 13.0. The van der Waals surface area contributed by atoms with Crippen LogP contribution in [-0.2, 0) is 6.42 Å². The molecule has 2 N–H and O–H groups in total. The highest BCUT2D eigenvalue weighted by Crippen LogP contribution is 2.20. The van der Waals surface area contributed by atoms with E-state index in [4.69, 9.17) is 5.73 Å². The first kappa shape index (κ1) is 13.8. The summed E-state index contributed by atoms with van der Waals surface area (Å²) in [7, 11) is 0. The number of benzene rings is 1. The Morgan fingerprint density at radius 1 is 1.11 bits per heavy atom. The molecule has 0 saturated heterocycles. The van der Waals surface area contributed by atoms with Gasteiger partial charge in [-0.2, -0.15) is 5.10 Å². The summed E-state index contributed by atoms with van der Waals surface area (Å²) in [6.07, 6.45) is 2.84. The van der Waals surface area contributed by atoms with Crippen LogP contribution in [0, 0.1) is 0 Å². The Hall–Kier alpha value is -1.61. The van der Waals surface area contributed by atoms with Gasteiger partial charge in [0.15, 0.2) is 0 Å². The van der Waals surface area contributed by atoms with E-state index in [0.717, 1.165) is 12.1 Å². The van der Waals surface area contributed by atoms with Crippen LogP contribution in [0.2, 0.25) is 0 Å². The average Bonchev–Trinajstić information content (AvgIpc) is 2.87. The lowest BCUT2D eigenvalue weighted by Gasteiger charge is -2.19. The second kappa shape index (κ2) is 6.02. The van der Waals surface area contributed by atoms with Crippen LogP contribution in [0.5, 0.6) is 0 Å². The minimum atomic E-state index is 0.0953. The molecule has 2 aromatic rings. The largest absolute Gasteiger partial charge is 0.327 e. The Bertz CT molecular complexity index is 502. The SMILES string of the molecule is CC(c1ccccc1)C(N)Cc1ccn(C(C)C)n1. The van der Waals surface area contributed by atoms with E-state index in [0.29, 0.717) is 12.0 Å². The van der Waals surface area contributed by atoms with E-state index in [1.165, 1.54) is 5.56 Å². The number of rotatable bonds is 5. The van der Waals surface area contributed by atoms with E-state index in [1.54, 1.807) is 0 Å². The van der Waals surface area contributed by atoms with Gasteiger partial charge < -0.3 is 5.73 Å². The lowest BCUT2D eigenvalue weighted by molar-refractivity contribution is 0.511. The molecule has 0 amide bonds. The third-order valence-corrected chi connectivity index (χ3v) is 3.61. The van der Waals surface area contributed by atoms with Crippen molar-refractivity contribution < 1.29 is 0 Å². The van der Waals surface area contributed by atoms with E-state index in [-0.39, 0.29) is 6.04 Å². The molecular weight excluding hydrogens is 234 g/mol. The van der Waals surface area contributed by atoms with Crippen LogP contribution in [0.1, 0.15) is 44.0 Å². The predicted octanol–water partition coefficient (Wildman–Crippen LogP) is 3.14. The topological polar surface area (TPSA) is 43.8 Å². The Kier molecular flexibility index (Phi) is 4.38. The van der Waals surface area contributed by atoms with Crippen molar-refractivity contribution in [3.05, 3.63) is 53.9 Å². The first-order chi connectivity index (χ1) is 9.08. The van der Waals surface area contributed by atoms with Gasteiger partial charge >= 0.3 is 0 Å². The summed E-state index contributed by atoms with van der Waals surface area (Å²) in [5.41, 5.74) is 8.68. The van der Waals surface area contributed by atoms with Crippen molar-refractivity contribution in [2.24, 2.45) is 5.73 Å². The second-order valence-electron chi connectivity index (χ2n) is 5.45. The molecule has 2 rings (SSSR count). The van der Waals surface area contributed by atoms with Crippen molar-refractivity contribution in [3.8, 4) is 0 Å². The van der Waals surface area contributed by atoms with Gasteiger partial charge in [0.05, 0.1) is 5.69 Å². The Labute approximate surface area is 115 Å². The van der Waals surface area contributed by atoms with Crippen LogP contribution in [0.15, 0.2) is 42.6 Å². The van der Waals surface area contributed by atoms with Crippen LogP contribution in [-0.4, -0.2) is 15.8 Å². The number of hydrogen-bond donors (Lipinski definition) is 1. The Morgan fingerprint density at radius 3 is 2.37 bits per heavy atom. The van der Waals surface area contributed by atoms with E-state index in [1.807, 2.05) is 16.9 Å². The molecule has 0 aliphatic carbocycles. The summed E-state index contributed by atoms with van der Waals surface area (Å²) < 4.78 is 1.98. The molecule has 19 heavy (non-hydrogen) atoms. The van der Waals surface area contributed by atoms with Gasteiger partial charge in [0.25, 0.3) is 0 Å². The summed E-state index contributed by atoms with van der Waals surface area (Å²) >= 11 is 0. The normalized spacial score (nSPS) is 14.6. The minimum Gasteiger partial charge on any atom is -0.327 e. The maximum Gasteiger partial charge on any atom is 0.0640 e. The third kappa shape index (κ3) is 3.44. The zero-order valence-corrected chi connectivity index (χ0v) is 12.0. The zero-order chi connectivity index (χ0) is 13.8. The van der Waals surface area contributed by atoms with Gasteiger partial charge in [0, 0.05) is 24.7 Å². The maximum atomic E-state index is 6.32. The Balaban J connectivity index is 2.02. The number of nitrogens with zero attached hydrogens (tertiary/aromatic N) is 2. The van der Waals surface area contributed by atoms with Crippen LogP contribution in [0.25, 0.3) is 0 Å². The van der Waals surface area contributed by atoms with Crippen molar-refractivity contribution in [1.29, 1.82) is 0 Å². The average molecular weight is 257 g/mol. The molecule has 0 aliphatic heterocycles. The molecule has 0 spiro atoms. The molecule has 0 aliphatic rings. The monoisotopic (exact) mass is 257 g/mol.